The van der Waals surface area contributed by atoms with Crippen LogP contribution in [0.3, 0.4) is 0 Å². The van der Waals surface area contributed by atoms with Crippen LogP contribution in [0.4, 0.5) is 0 Å². The molecule has 0 aromatic rings. The third-order valence-electron chi connectivity index (χ3n) is 10.5. The van der Waals surface area contributed by atoms with Crippen molar-refractivity contribution >= 4 is 11.9 Å². The van der Waals surface area contributed by atoms with Crippen LogP contribution in [0.1, 0.15) is 98.3 Å². The molecule has 9 atom stereocenters. The second-order valence-corrected chi connectivity index (χ2v) is 11.8. The molecule has 4 aliphatic carbocycles. The molecule has 0 radical (unpaired) electrons. The van der Waals surface area contributed by atoms with Crippen LogP contribution in [0.2, 0.25) is 0 Å². The van der Waals surface area contributed by atoms with Gasteiger partial charge in [0.2, 0.25) is 0 Å². The first kappa shape index (κ1) is 22.1. The van der Waals surface area contributed by atoms with Crippen molar-refractivity contribution in [3.8, 4) is 0 Å². The molecular weight excluding hydrogens is 376 g/mol. The molecule has 4 aliphatic rings. The Bertz CT molecular complexity index is 674. The van der Waals surface area contributed by atoms with Crippen molar-refractivity contribution in [2.45, 2.75) is 104 Å². The predicted octanol–water partition coefficient (Wildman–Crippen LogP) is 6.08. The Hall–Kier alpha value is -1.06. The van der Waals surface area contributed by atoms with Crippen LogP contribution in [-0.2, 0) is 14.3 Å². The highest BCUT2D eigenvalue weighted by Crippen LogP contribution is 2.68. The van der Waals surface area contributed by atoms with Gasteiger partial charge in [-0.05, 0) is 111 Å². The van der Waals surface area contributed by atoms with Crippen molar-refractivity contribution in [3.05, 3.63) is 0 Å². The third-order valence-corrected chi connectivity index (χ3v) is 10.5. The molecule has 4 nitrogen and oxygen atoms in total. The van der Waals surface area contributed by atoms with Gasteiger partial charge in [-0.1, -0.05) is 20.8 Å². The van der Waals surface area contributed by atoms with Crippen LogP contribution in [0.25, 0.3) is 0 Å². The summed E-state index contributed by atoms with van der Waals surface area (Å²) in [5.41, 5.74) is 0.811. The molecular formula is C26H42O4. The lowest BCUT2D eigenvalue weighted by Gasteiger charge is -2.61. The average molecular weight is 419 g/mol. The van der Waals surface area contributed by atoms with Crippen LogP contribution in [0, 0.1) is 46.3 Å². The van der Waals surface area contributed by atoms with Crippen LogP contribution < -0.4 is 0 Å². The van der Waals surface area contributed by atoms with Gasteiger partial charge in [0.25, 0.3) is 0 Å². The van der Waals surface area contributed by atoms with Gasteiger partial charge >= 0.3 is 11.9 Å². The van der Waals surface area contributed by atoms with Crippen LogP contribution in [0.5, 0.6) is 0 Å². The summed E-state index contributed by atoms with van der Waals surface area (Å²) in [5, 5.41) is 9.13. The number of fused-ring (bicyclic) bond motifs is 5. The first-order valence-corrected chi connectivity index (χ1v) is 12.5. The van der Waals surface area contributed by atoms with Crippen molar-refractivity contribution in [1.29, 1.82) is 0 Å². The number of hydrogen-bond donors (Lipinski definition) is 1. The molecule has 0 amide bonds. The molecule has 1 N–H and O–H groups in total. The quantitative estimate of drug-likeness (QED) is 0.550. The molecule has 0 aromatic heterocycles. The minimum atomic E-state index is -0.652. The molecule has 30 heavy (non-hydrogen) atoms. The summed E-state index contributed by atoms with van der Waals surface area (Å²) < 4.78 is 5.61. The molecule has 0 aromatic carbocycles. The monoisotopic (exact) mass is 418 g/mol. The van der Waals surface area contributed by atoms with Crippen molar-refractivity contribution < 1.29 is 19.4 Å². The molecule has 0 spiro atoms. The van der Waals surface area contributed by atoms with E-state index >= 15 is 0 Å². The zero-order chi connectivity index (χ0) is 21.7. The molecule has 4 saturated carbocycles. The smallest absolute Gasteiger partial charge is 0.303 e. The van der Waals surface area contributed by atoms with E-state index in [1.54, 1.807) is 6.92 Å². The van der Waals surface area contributed by atoms with Crippen LogP contribution in [0.15, 0.2) is 0 Å². The van der Waals surface area contributed by atoms with Gasteiger partial charge < -0.3 is 9.84 Å². The standard InChI is InChI=1S/C26H42O4/c1-16(5-10-24(28)29)21-8-9-22-20-7-6-18-15-19(30-17(2)27)11-13-25(18,3)23(20)12-14-26(21,22)4/h16,18-23H,5-15H2,1-4H3,(H,28,29)/t16-,18-,19-,20+,21?,22+,23+,25+,26-/m1/s1. The van der Waals surface area contributed by atoms with E-state index in [1.165, 1.54) is 44.9 Å². The second-order valence-electron chi connectivity index (χ2n) is 11.8. The van der Waals surface area contributed by atoms with E-state index in [0.717, 1.165) is 37.0 Å². The highest BCUT2D eigenvalue weighted by atomic mass is 16.5. The summed E-state index contributed by atoms with van der Waals surface area (Å²) in [7, 11) is 0. The van der Waals surface area contributed by atoms with Crippen molar-refractivity contribution in [1.82, 2.24) is 0 Å². The first-order valence-electron chi connectivity index (χ1n) is 12.5. The number of hydrogen-bond acceptors (Lipinski definition) is 3. The first-order chi connectivity index (χ1) is 14.1. The van der Waals surface area contributed by atoms with E-state index in [2.05, 4.69) is 20.8 Å². The maximum Gasteiger partial charge on any atom is 0.303 e. The molecule has 0 aliphatic heterocycles. The Balaban J connectivity index is 1.47. The van der Waals surface area contributed by atoms with Gasteiger partial charge in [0.05, 0.1) is 0 Å². The minimum Gasteiger partial charge on any atom is -0.481 e. The van der Waals surface area contributed by atoms with E-state index in [9.17, 15) is 9.59 Å². The molecule has 4 rings (SSSR count). The zero-order valence-electron chi connectivity index (χ0n) is 19.5. The number of ether oxygens (including phenoxy) is 1. The number of aliphatic carboxylic acids is 1. The van der Waals surface area contributed by atoms with E-state index in [0.29, 0.717) is 35.0 Å². The predicted molar refractivity (Wildman–Crippen MR) is 117 cm³/mol. The summed E-state index contributed by atoms with van der Waals surface area (Å²) in [6, 6.07) is 0. The SMILES string of the molecule is CC(=O)O[C@@H]1CC[C@@]2(C)[C@H](CC[C@@H]3[C@@H]2CC[C@]2(C)C([C@H](C)CCC(=O)O)CC[C@@H]32)C1. The fourth-order valence-electron chi connectivity index (χ4n) is 9.09. The fraction of sp³-hybridized carbons (Fsp3) is 0.923. The molecule has 4 heteroatoms. The van der Waals surface area contributed by atoms with Gasteiger partial charge in [-0.2, -0.15) is 0 Å². The molecule has 0 bridgehead atoms. The molecule has 170 valence electrons. The minimum absolute atomic E-state index is 0.125. The number of carbonyl (C=O) groups is 2. The van der Waals surface area contributed by atoms with E-state index < -0.39 is 5.97 Å². The summed E-state index contributed by atoms with van der Waals surface area (Å²) in [4.78, 5) is 22.5. The third kappa shape index (κ3) is 3.71. The summed E-state index contributed by atoms with van der Waals surface area (Å²) in [5.74, 6) is 3.60. The Morgan fingerprint density at radius 1 is 1.00 bits per heavy atom. The number of carbonyl (C=O) groups excluding carboxylic acids is 1. The number of carboxylic acids is 1. The maximum absolute atomic E-state index is 11.5. The molecule has 0 saturated heterocycles. The van der Waals surface area contributed by atoms with E-state index in [4.69, 9.17) is 9.84 Å². The van der Waals surface area contributed by atoms with Gasteiger partial charge in [0, 0.05) is 13.3 Å². The topological polar surface area (TPSA) is 63.6 Å². The van der Waals surface area contributed by atoms with Gasteiger partial charge in [-0.15, -0.1) is 0 Å². The Kier molecular flexibility index (Phi) is 6.00. The van der Waals surface area contributed by atoms with E-state index in [-0.39, 0.29) is 12.1 Å². The largest absolute Gasteiger partial charge is 0.481 e. The Morgan fingerprint density at radius 3 is 2.40 bits per heavy atom. The number of rotatable bonds is 5. The van der Waals surface area contributed by atoms with Crippen molar-refractivity contribution in [2.75, 3.05) is 0 Å². The van der Waals surface area contributed by atoms with Gasteiger partial charge in [-0.25, -0.2) is 0 Å². The lowest BCUT2D eigenvalue weighted by atomic mass is 9.44. The highest BCUT2D eigenvalue weighted by Gasteiger charge is 2.60. The van der Waals surface area contributed by atoms with Crippen molar-refractivity contribution in [2.24, 2.45) is 46.3 Å². The van der Waals surface area contributed by atoms with Crippen LogP contribution >= 0.6 is 0 Å². The summed E-state index contributed by atoms with van der Waals surface area (Å²) in [6.07, 6.45) is 12.5. The van der Waals surface area contributed by atoms with Crippen LogP contribution in [-0.4, -0.2) is 23.1 Å². The van der Waals surface area contributed by atoms with Gasteiger partial charge in [-0.3, -0.25) is 9.59 Å². The molecule has 0 heterocycles. The highest BCUT2D eigenvalue weighted by molar-refractivity contribution is 5.66. The fourth-order valence-corrected chi connectivity index (χ4v) is 9.09. The average Bonchev–Trinajstić information content (AvgIpc) is 3.03. The van der Waals surface area contributed by atoms with Gasteiger partial charge in [0.15, 0.2) is 0 Å². The Morgan fingerprint density at radius 2 is 1.70 bits per heavy atom. The van der Waals surface area contributed by atoms with Gasteiger partial charge in [0.1, 0.15) is 6.10 Å². The lowest BCUT2D eigenvalue weighted by molar-refractivity contribution is -0.160. The zero-order valence-corrected chi connectivity index (χ0v) is 19.5. The number of esters is 1. The summed E-state index contributed by atoms with van der Waals surface area (Å²) >= 11 is 0. The second kappa shape index (κ2) is 8.13. The molecule has 1 unspecified atom stereocenters. The number of carboxylic acid groups (broad SMARTS) is 1. The molecule has 4 fully saturated rings. The van der Waals surface area contributed by atoms with E-state index in [1.807, 2.05) is 0 Å². The summed E-state index contributed by atoms with van der Waals surface area (Å²) in [6.45, 7) is 8.96. The maximum atomic E-state index is 11.5. The van der Waals surface area contributed by atoms with Crippen molar-refractivity contribution in [3.63, 3.8) is 0 Å². The lowest BCUT2D eigenvalue weighted by Crippen LogP contribution is -2.54. The Labute approximate surface area is 182 Å². The normalized spacial score (nSPS) is 46.3.